The van der Waals surface area contributed by atoms with Gasteiger partial charge in [0.05, 0.1) is 5.75 Å². The maximum atomic E-state index is 14.0. The van der Waals surface area contributed by atoms with Crippen LogP contribution in [0, 0.1) is 11.7 Å². The minimum atomic E-state index is -3.76. The number of hydrogen-bond donors (Lipinski definition) is 2. The lowest BCUT2D eigenvalue weighted by atomic mass is 9.97. The second kappa shape index (κ2) is 9.76. The van der Waals surface area contributed by atoms with Gasteiger partial charge in [0.15, 0.2) is 0 Å². The predicted octanol–water partition coefficient (Wildman–Crippen LogP) is 3.62. The van der Waals surface area contributed by atoms with Crippen LogP contribution in [0.15, 0.2) is 42.5 Å². The fourth-order valence-corrected chi connectivity index (χ4v) is 5.34. The normalized spacial score (nSPS) is 15.5. The number of nitrogens with zero attached hydrogens (tertiary/aromatic N) is 1. The van der Waals surface area contributed by atoms with Crippen molar-refractivity contribution in [2.24, 2.45) is 5.92 Å². The molecule has 0 aliphatic carbocycles. The number of halogens is 2. The summed E-state index contributed by atoms with van der Waals surface area (Å²) in [4.78, 5) is 23.6. The van der Waals surface area contributed by atoms with Gasteiger partial charge in [0, 0.05) is 47.9 Å². The van der Waals surface area contributed by atoms with Crippen LogP contribution in [-0.2, 0) is 25.4 Å². The van der Waals surface area contributed by atoms with Gasteiger partial charge in [-0.15, -0.1) is 0 Å². The molecular formula is C21H23ClFN3O4S. The standard InChI is InChI=1S/C21H23ClFN3O4S/c1-14(27)24-16-5-7-17(8-6-16)25-21(28)15-9-11-26(12-10-15)31(29,30)13-18-19(22)3-2-4-20(18)23/h2-8,15H,9-13H2,1H3,(H,24,27)(H,25,28). The summed E-state index contributed by atoms with van der Waals surface area (Å²) >= 11 is 5.95. The molecule has 1 saturated heterocycles. The van der Waals surface area contributed by atoms with Crippen molar-refractivity contribution < 1.29 is 22.4 Å². The Bertz CT molecular complexity index is 1050. The van der Waals surface area contributed by atoms with Gasteiger partial charge in [0.2, 0.25) is 21.8 Å². The number of nitrogens with one attached hydrogen (secondary N) is 2. The summed E-state index contributed by atoms with van der Waals surface area (Å²) < 4.78 is 40.7. The van der Waals surface area contributed by atoms with Crippen LogP contribution in [0.3, 0.4) is 0 Å². The monoisotopic (exact) mass is 467 g/mol. The highest BCUT2D eigenvalue weighted by Gasteiger charge is 2.32. The van der Waals surface area contributed by atoms with E-state index in [0.717, 1.165) is 0 Å². The van der Waals surface area contributed by atoms with Crippen LogP contribution in [0.4, 0.5) is 15.8 Å². The van der Waals surface area contributed by atoms with Gasteiger partial charge in [-0.25, -0.2) is 17.1 Å². The highest BCUT2D eigenvalue weighted by atomic mass is 35.5. The van der Waals surface area contributed by atoms with E-state index >= 15 is 0 Å². The summed E-state index contributed by atoms with van der Waals surface area (Å²) in [6.45, 7) is 1.76. The van der Waals surface area contributed by atoms with Crippen molar-refractivity contribution >= 4 is 44.8 Å². The summed E-state index contributed by atoms with van der Waals surface area (Å²) in [6.07, 6.45) is 0.722. The molecule has 10 heteroatoms. The number of carbonyl (C=O) groups excluding carboxylic acids is 2. The van der Waals surface area contributed by atoms with Gasteiger partial charge in [-0.3, -0.25) is 9.59 Å². The number of anilines is 2. The number of carbonyl (C=O) groups is 2. The molecule has 0 unspecified atom stereocenters. The van der Waals surface area contributed by atoms with E-state index in [4.69, 9.17) is 11.6 Å². The van der Waals surface area contributed by atoms with Crippen LogP contribution in [-0.4, -0.2) is 37.6 Å². The molecule has 0 saturated carbocycles. The van der Waals surface area contributed by atoms with Crippen LogP contribution < -0.4 is 10.6 Å². The van der Waals surface area contributed by atoms with Gasteiger partial charge in [0.25, 0.3) is 0 Å². The van der Waals surface area contributed by atoms with Crippen molar-refractivity contribution in [3.8, 4) is 0 Å². The Hall–Kier alpha value is -2.49. The molecule has 1 aliphatic rings. The van der Waals surface area contributed by atoms with Crippen molar-refractivity contribution in [1.29, 1.82) is 0 Å². The van der Waals surface area contributed by atoms with E-state index in [1.165, 1.54) is 29.4 Å². The molecular weight excluding hydrogens is 445 g/mol. The van der Waals surface area contributed by atoms with Gasteiger partial charge in [-0.2, -0.15) is 0 Å². The number of amides is 2. The maximum absolute atomic E-state index is 14.0. The molecule has 2 amide bonds. The Balaban J connectivity index is 1.56. The van der Waals surface area contributed by atoms with Gasteiger partial charge >= 0.3 is 0 Å². The molecule has 2 N–H and O–H groups in total. The number of benzene rings is 2. The SMILES string of the molecule is CC(=O)Nc1ccc(NC(=O)C2CCN(S(=O)(=O)Cc3c(F)cccc3Cl)CC2)cc1. The second-order valence-corrected chi connectivity index (χ2v) is 9.75. The Labute approximate surface area is 185 Å². The highest BCUT2D eigenvalue weighted by molar-refractivity contribution is 7.88. The molecule has 0 bridgehead atoms. The third-order valence-electron chi connectivity index (χ3n) is 5.08. The number of piperidine rings is 1. The van der Waals surface area contributed by atoms with Gasteiger partial charge in [-0.1, -0.05) is 17.7 Å². The average molecular weight is 468 g/mol. The number of sulfonamides is 1. The van der Waals surface area contributed by atoms with E-state index in [2.05, 4.69) is 10.6 Å². The summed E-state index contributed by atoms with van der Waals surface area (Å²) in [7, 11) is -3.76. The topological polar surface area (TPSA) is 95.6 Å². The fourth-order valence-electron chi connectivity index (χ4n) is 3.42. The quantitative estimate of drug-likeness (QED) is 0.678. The summed E-state index contributed by atoms with van der Waals surface area (Å²) in [6, 6.07) is 10.8. The van der Waals surface area contributed by atoms with Crippen LogP contribution in [0.2, 0.25) is 5.02 Å². The van der Waals surface area contributed by atoms with E-state index in [-0.39, 0.29) is 41.4 Å². The van der Waals surface area contributed by atoms with Gasteiger partial charge in [-0.05, 0) is 49.2 Å². The molecule has 0 radical (unpaired) electrons. The van der Waals surface area contributed by atoms with E-state index in [0.29, 0.717) is 24.2 Å². The molecule has 0 atom stereocenters. The van der Waals surface area contributed by atoms with Crippen LogP contribution in [0.5, 0.6) is 0 Å². The average Bonchev–Trinajstić information content (AvgIpc) is 2.72. The minimum Gasteiger partial charge on any atom is -0.326 e. The molecule has 1 heterocycles. The zero-order chi connectivity index (χ0) is 22.6. The molecule has 0 spiro atoms. The lowest BCUT2D eigenvalue weighted by Gasteiger charge is -2.30. The minimum absolute atomic E-state index is 0.0493. The largest absolute Gasteiger partial charge is 0.326 e. The van der Waals surface area contributed by atoms with Crippen LogP contribution >= 0.6 is 11.6 Å². The molecule has 0 aromatic heterocycles. The van der Waals surface area contributed by atoms with Crippen molar-refractivity contribution in [2.45, 2.75) is 25.5 Å². The smallest absolute Gasteiger partial charge is 0.227 e. The van der Waals surface area contributed by atoms with Crippen LogP contribution in [0.1, 0.15) is 25.3 Å². The Morgan fingerprint density at radius 1 is 1.06 bits per heavy atom. The molecule has 2 aromatic carbocycles. The van der Waals surface area contributed by atoms with Crippen molar-refractivity contribution in [3.05, 3.63) is 58.9 Å². The first-order valence-corrected chi connectivity index (χ1v) is 11.7. The molecule has 31 heavy (non-hydrogen) atoms. The number of rotatable bonds is 6. The van der Waals surface area contributed by atoms with Crippen LogP contribution in [0.25, 0.3) is 0 Å². The lowest BCUT2D eigenvalue weighted by molar-refractivity contribution is -0.121. The van der Waals surface area contributed by atoms with E-state index in [9.17, 15) is 22.4 Å². The predicted molar refractivity (Wildman–Crippen MR) is 118 cm³/mol. The highest BCUT2D eigenvalue weighted by Crippen LogP contribution is 2.26. The van der Waals surface area contributed by atoms with E-state index in [1.54, 1.807) is 24.3 Å². The van der Waals surface area contributed by atoms with Crippen molar-refractivity contribution in [1.82, 2.24) is 4.31 Å². The first-order valence-electron chi connectivity index (χ1n) is 9.75. The number of hydrogen-bond acceptors (Lipinski definition) is 4. The molecule has 3 rings (SSSR count). The third-order valence-corrected chi connectivity index (χ3v) is 7.24. The molecule has 1 aliphatic heterocycles. The van der Waals surface area contributed by atoms with Crippen molar-refractivity contribution in [3.63, 3.8) is 0 Å². The summed E-state index contributed by atoms with van der Waals surface area (Å²) in [5.74, 6) is -1.89. The Morgan fingerprint density at radius 3 is 2.19 bits per heavy atom. The lowest BCUT2D eigenvalue weighted by Crippen LogP contribution is -2.42. The molecule has 166 valence electrons. The third kappa shape index (κ3) is 6.03. The Morgan fingerprint density at radius 2 is 1.65 bits per heavy atom. The fraction of sp³-hybridized carbons (Fsp3) is 0.333. The molecule has 1 fully saturated rings. The zero-order valence-corrected chi connectivity index (χ0v) is 18.5. The second-order valence-electron chi connectivity index (χ2n) is 7.38. The molecule has 7 nitrogen and oxygen atoms in total. The summed E-state index contributed by atoms with van der Waals surface area (Å²) in [5.41, 5.74) is 1.16. The first kappa shape index (κ1) is 23.2. The van der Waals surface area contributed by atoms with E-state index in [1.807, 2.05) is 0 Å². The van der Waals surface area contributed by atoms with E-state index < -0.39 is 21.6 Å². The zero-order valence-electron chi connectivity index (χ0n) is 16.9. The maximum Gasteiger partial charge on any atom is 0.227 e. The summed E-state index contributed by atoms with van der Waals surface area (Å²) in [5, 5.41) is 5.53. The first-order chi connectivity index (χ1) is 14.7. The van der Waals surface area contributed by atoms with Gasteiger partial charge in [0.1, 0.15) is 5.82 Å². The van der Waals surface area contributed by atoms with Crippen molar-refractivity contribution in [2.75, 3.05) is 23.7 Å². The van der Waals surface area contributed by atoms with Gasteiger partial charge < -0.3 is 10.6 Å². The Kier molecular flexibility index (Phi) is 7.30. The molecule has 2 aromatic rings.